The average molecular weight is 307 g/mol. The molecule has 3 rings (SSSR count). The van der Waals surface area contributed by atoms with Crippen LogP contribution in [0.2, 0.25) is 0 Å². The summed E-state index contributed by atoms with van der Waals surface area (Å²) in [6.45, 7) is 2.71. The van der Waals surface area contributed by atoms with E-state index >= 15 is 0 Å². The highest BCUT2D eigenvalue weighted by Crippen LogP contribution is 2.35. The maximum absolute atomic E-state index is 12.2. The minimum absolute atomic E-state index is 0.0143. The van der Waals surface area contributed by atoms with Gasteiger partial charge in [-0.3, -0.25) is 9.69 Å². The first-order valence-electron chi connectivity index (χ1n) is 6.31. The van der Waals surface area contributed by atoms with Gasteiger partial charge in [0.05, 0.1) is 11.4 Å². The molecule has 0 unspecified atom stereocenters. The van der Waals surface area contributed by atoms with Gasteiger partial charge in [-0.15, -0.1) is 0 Å². The second kappa shape index (κ2) is 5.46. The van der Waals surface area contributed by atoms with Crippen molar-refractivity contribution < 1.29 is 14.3 Å². The molecule has 0 N–H and O–H groups in total. The van der Waals surface area contributed by atoms with E-state index in [4.69, 9.17) is 21.7 Å². The summed E-state index contributed by atoms with van der Waals surface area (Å²) in [4.78, 5) is 14.6. The molecular formula is C14H13NO3S2. The summed E-state index contributed by atoms with van der Waals surface area (Å²) >= 11 is 6.64. The molecule has 0 aliphatic carbocycles. The predicted octanol–water partition coefficient (Wildman–Crippen LogP) is 3.07. The van der Waals surface area contributed by atoms with Crippen molar-refractivity contribution in [1.29, 1.82) is 0 Å². The smallest absolute Gasteiger partial charge is 0.266 e. The molecule has 0 saturated carbocycles. The van der Waals surface area contributed by atoms with E-state index in [-0.39, 0.29) is 12.7 Å². The van der Waals surface area contributed by atoms with E-state index in [0.29, 0.717) is 10.9 Å². The first kappa shape index (κ1) is 13.5. The second-order valence-electron chi connectivity index (χ2n) is 4.42. The van der Waals surface area contributed by atoms with Gasteiger partial charge in [-0.2, -0.15) is 0 Å². The average Bonchev–Trinajstić information content (AvgIpc) is 2.99. The van der Waals surface area contributed by atoms with Gasteiger partial charge >= 0.3 is 0 Å². The molecule has 0 radical (unpaired) electrons. The van der Waals surface area contributed by atoms with Crippen molar-refractivity contribution >= 4 is 34.2 Å². The largest absolute Gasteiger partial charge is 0.454 e. The third kappa shape index (κ3) is 2.41. The van der Waals surface area contributed by atoms with Crippen LogP contribution in [0.25, 0.3) is 0 Å². The SMILES string of the molecule is CC/C=C1\SC(=S)N(Cc2ccc3c(c2)OCO3)C1=O. The number of thioether (sulfide) groups is 1. The predicted molar refractivity (Wildman–Crippen MR) is 81.7 cm³/mol. The van der Waals surface area contributed by atoms with Crippen molar-refractivity contribution in [3.8, 4) is 11.5 Å². The standard InChI is InChI=1S/C14H13NO3S2/c1-2-3-12-13(16)15(14(19)20-12)7-9-4-5-10-11(6-9)18-8-17-10/h3-6H,2,7-8H2,1H3/b12-3-. The van der Waals surface area contributed by atoms with E-state index < -0.39 is 0 Å². The Morgan fingerprint density at radius 2 is 2.20 bits per heavy atom. The van der Waals surface area contributed by atoms with E-state index in [1.54, 1.807) is 4.90 Å². The van der Waals surface area contributed by atoms with Crippen LogP contribution < -0.4 is 9.47 Å². The Morgan fingerprint density at radius 1 is 1.40 bits per heavy atom. The molecule has 2 aliphatic heterocycles. The number of benzene rings is 1. The van der Waals surface area contributed by atoms with Gasteiger partial charge in [0.15, 0.2) is 11.5 Å². The lowest BCUT2D eigenvalue weighted by Gasteiger charge is -2.14. The molecule has 0 spiro atoms. The number of ether oxygens (including phenoxy) is 2. The maximum Gasteiger partial charge on any atom is 0.266 e. The highest BCUT2D eigenvalue weighted by molar-refractivity contribution is 8.26. The molecule has 2 aliphatic rings. The Balaban J connectivity index is 1.79. The number of hydrogen-bond acceptors (Lipinski definition) is 5. The lowest BCUT2D eigenvalue weighted by atomic mass is 10.2. The second-order valence-corrected chi connectivity index (χ2v) is 6.10. The molecule has 1 aromatic rings. The fraction of sp³-hybridized carbons (Fsp3) is 0.286. The molecule has 4 nitrogen and oxygen atoms in total. The van der Waals surface area contributed by atoms with Crippen molar-refractivity contribution in [1.82, 2.24) is 4.90 Å². The Labute approximate surface area is 126 Å². The van der Waals surface area contributed by atoms with Gasteiger partial charge in [-0.25, -0.2) is 0 Å². The zero-order valence-corrected chi connectivity index (χ0v) is 12.6. The lowest BCUT2D eigenvalue weighted by Crippen LogP contribution is -2.27. The summed E-state index contributed by atoms with van der Waals surface area (Å²) in [5, 5.41) is 0. The Kier molecular flexibility index (Phi) is 3.67. The molecule has 1 aromatic carbocycles. The molecule has 2 heterocycles. The van der Waals surface area contributed by atoms with Gasteiger partial charge in [0.1, 0.15) is 4.32 Å². The number of carbonyl (C=O) groups is 1. The third-order valence-electron chi connectivity index (χ3n) is 3.04. The van der Waals surface area contributed by atoms with Crippen LogP contribution in [-0.4, -0.2) is 21.9 Å². The Hall–Kier alpha value is -1.53. The molecule has 6 heteroatoms. The fourth-order valence-electron chi connectivity index (χ4n) is 2.08. The van der Waals surface area contributed by atoms with Crippen LogP contribution >= 0.6 is 24.0 Å². The summed E-state index contributed by atoms with van der Waals surface area (Å²) in [6, 6.07) is 5.68. The summed E-state index contributed by atoms with van der Waals surface area (Å²) in [5.41, 5.74) is 0.975. The summed E-state index contributed by atoms with van der Waals surface area (Å²) in [5.74, 6) is 1.45. The number of allylic oxidation sites excluding steroid dienone is 1. The summed E-state index contributed by atoms with van der Waals surface area (Å²) in [6.07, 6.45) is 2.74. The van der Waals surface area contributed by atoms with Gasteiger partial charge in [-0.05, 0) is 24.1 Å². The van der Waals surface area contributed by atoms with Crippen molar-refractivity contribution in [2.75, 3.05) is 6.79 Å². The van der Waals surface area contributed by atoms with Crippen LogP contribution in [-0.2, 0) is 11.3 Å². The summed E-state index contributed by atoms with van der Waals surface area (Å²) < 4.78 is 11.2. The lowest BCUT2D eigenvalue weighted by molar-refractivity contribution is -0.122. The monoisotopic (exact) mass is 307 g/mol. The number of amides is 1. The first-order valence-corrected chi connectivity index (χ1v) is 7.54. The van der Waals surface area contributed by atoms with Crippen LogP contribution in [0.5, 0.6) is 11.5 Å². The van der Waals surface area contributed by atoms with Crippen LogP contribution in [0, 0.1) is 0 Å². The van der Waals surface area contributed by atoms with E-state index in [1.807, 2.05) is 31.2 Å². The van der Waals surface area contributed by atoms with Crippen molar-refractivity contribution in [3.63, 3.8) is 0 Å². The van der Waals surface area contributed by atoms with E-state index in [0.717, 1.165) is 28.4 Å². The van der Waals surface area contributed by atoms with Crippen LogP contribution in [0.1, 0.15) is 18.9 Å². The van der Waals surface area contributed by atoms with Crippen molar-refractivity contribution in [3.05, 3.63) is 34.7 Å². The number of thiocarbonyl (C=S) groups is 1. The van der Waals surface area contributed by atoms with Crippen molar-refractivity contribution in [2.45, 2.75) is 19.9 Å². The van der Waals surface area contributed by atoms with E-state index in [9.17, 15) is 4.79 Å². The van der Waals surface area contributed by atoms with Crippen molar-refractivity contribution in [2.24, 2.45) is 0 Å². The Bertz CT molecular complexity index is 612. The highest BCUT2D eigenvalue weighted by Gasteiger charge is 2.31. The van der Waals surface area contributed by atoms with Gasteiger partial charge < -0.3 is 9.47 Å². The van der Waals surface area contributed by atoms with Crippen LogP contribution in [0.4, 0.5) is 0 Å². The van der Waals surface area contributed by atoms with Gasteiger partial charge in [-0.1, -0.05) is 43.0 Å². The molecule has 1 fully saturated rings. The molecule has 104 valence electrons. The maximum atomic E-state index is 12.2. The minimum Gasteiger partial charge on any atom is -0.454 e. The molecule has 0 atom stereocenters. The number of hydrogen-bond donors (Lipinski definition) is 0. The number of rotatable bonds is 3. The number of fused-ring (bicyclic) bond motifs is 1. The van der Waals surface area contributed by atoms with Gasteiger partial charge in [0, 0.05) is 0 Å². The minimum atomic E-state index is -0.0143. The number of nitrogens with zero attached hydrogens (tertiary/aromatic N) is 1. The quantitative estimate of drug-likeness (QED) is 0.634. The van der Waals surface area contributed by atoms with E-state index in [2.05, 4.69) is 0 Å². The number of carbonyl (C=O) groups excluding carboxylic acids is 1. The molecule has 1 amide bonds. The Morgan fingerprint density at radius 3 is 3.00 bits per heavy atom. The molecular weight excluding hydrogens is 294 g/mol. The van der Waals surface area contributed by atoms with Gasteiger partial charge in [0.2, 0.25) is 6.79 Å². The molecule has 0 bridgehead atoms. The van der Waals surface area contributed by atoms with Crippen LogP contribution in [0.15, 0.2) is 29.2 Å². The molecule has 1 saturated heterocycles. The topological polar surface area (TPSA) is 38.8 Å². The third-order valence-corrected chi connectivity index (χ3v) is 4.47. The zero-order valence-electron chi connectivity index (χ0n) is 10.9. The highest BCUT2D eigenvalue weighted by atomic mass is 32.2. The fourth-order valence-corrected chi connectivity index (χ4v) is 3.39. The van der Waals surface area contributed by atoms with Gasteiger partial charge in [0.25, 0.3) is 5.91 Å². The molecule has 0 aromatic heterocycles. The van der Waals surface area contributed by atoms with Crippen LogP contribution in [0.3, 0.4) is 0 Å². The normalized spacial score (nSPS) is 19.2. The summed E-state index contributed by atoms with van der Waals surface area (Å²) in [7, 11) is 0. The van der Waals surface area contributed by atoms with E-state index in [1.165, 1.54) is 11.8 Å². The molecule has 20 heavy (non-hydrogen) atoms. The zero-order chi connectivity index (χ0) is 14.1. The first-order chi connectivity index (χ1) is 9.69.